The van der Waals surface area contributed by atoms with E-state index in [9.17, 15) is 12.8 Å². The molecule has 124 valence electrons. The molecule has 3 rings (SSSR count). The third kappa shape index (κ3) is 3.59. The van der Waals surface area contributed by atoms with E-state index in [4.69, 9.17) is 0 Å². The molecule has 0 N–H and O–H groups in total. The van der Waals surface area contributed by atoms with Gasteiger partial charge in [0.05, 0.1) is 4.90 Å². The third-order valence-electron chi connectivity index (χ3n) is 4.54. The lowest BCUT2D eigenvalue weighted by atomic mass is 9.83. The molecule has 0 radical (unpaired) electrons. The highest BCUT2D eigenvalue weighted by molar-refractivity contribution is 9.10. The lowest BCUT2D eigenvalue weighted by Crippen LogP contribution is -2.39. The van der Waals surface area contributed by atoms with E-state index in [0.29, 0.717) is 24.9 Å². The second-order valence-corrected chi connectivity index (χ2v) is 8.75. The highest BCUT2D eigenvalue weighted by atomic mass is 79.9. The highest BCUT2D eigenvalue weighted by Gasteiger charge is 2.32. The van der Waals surface area contributed by atoms with Crippen LogP contribution in [0.1, 0.15) is 19.3 Å². The molecule has 0 unspecified atom stereocenters. The summed E-state index contributed by atoms with van der Waals surface area (Å²) in [5, 5.41) is 0. The Morgan fingerprint density at radius 2 is 1.78 bits per heavy atom. The first-order valence-electron chi connectivity index (χ1n) is 7.77. The van der Waals surface area contributed by atoms with Gasteiger partial charge in [-0.1, -0.05) is 24.3 Å². The standard InChI is InChI=1S/C17H19BrFNO2S/c18-16-12-15(19)6-7-17(16)23(21,22)20-10-8-14(9-11-20)13-4-2-1-3-5-13/h2-7,12-14H,1,8-11H2. The summed E-state index contributed by atoms with van der Waals surface area (Å²) in [6, 6.07) is 3.70. The average molecular weight is 400 g/mol. The highest BCUT2D eigenvalue weighted by Crippen LogP contribution is 2.33. The first kappa shape index (κ1) is 16.9. The van der Waals surface area contributed by atoms with Crippen molar-refractivity contribution in [2.45, 2.75) is 24.2 Å². The molecule has 0 saturated carbocycles. The van der Waals surface area contributed by atoms with Gasteiger partial charge in [-0.2, -0.15) is 4.31 Å². The molecule has 1 aliphatic carbocycles. The Morgan fingerprint density at radius 1 is 1.13 bits per heavy atom. The molecule has 1 aromatic carbocycles. The summed E-state index contributed by atoms with van der Waals surface area (Å²) in [5.41, 5.74) is 0. The van der Waals surface area contributed by atoms with Crippen molar-refractivity contribution in [3.8, 4) is 0 Å². The van der Waals surface area contributed by atoms with Gasteiger partial charge in [-0.05, 0) is 65.2 Å². The van der Waals surface area contributed by atoms with Crippen molar-refractivity contribution in [3.05, 3.63) is 52.8 Å². The van der Waals surface area contributed by atoms with Crippen LogP contribution in [0.3, 0.4) is 0 Å². The zero-order valence-corrected chi connectivity index (χ0v) is 15.1. The lowest BCUT2D eigenvalue weighted by molar-refractivity contribution is 0.249. The Morgan fingerprint density at radius 3 is 2.39 bits per heavy atom. The summed E-state index contributed by atoms with van der Waals surface area (Å²) in [5.74, 6) is 0.461. The third-order valence-corrected chi connectivity index (χ3v) is 7.42. The zero-order chi connectivity index (χ0) is 16.4. The molecule has 6 heteroatoms. The Labute approximate surface area is 145 Å². The number of benzene rings is 1. The van der Waals surface area contributed by atoms with E-state index in [-0.39, 0.29) is 9.37 Å². The quantitative estimate of drug-likeness (QED) is 0.716. The Bertz CT molecular complexity index is 725. The van der Waals surface area contributed by atoms with Crippen LogP contribution in [-0.2, 0) is 10.0 Å². The van der Waals surface area contributed by atoms with E-state index in [1.165, 1.54) is 22.5 Å². The number of rotatable bonds is 3. The Balaban J connectivity index is 1.72. The van der Waals surface area contributed by atoms with Gasteiger partial charge in [-0.15, -0.1) is 0 Å². The number of sulfonamides is 1. The van der Waals surface area contributed by atoms with Crippen LogP contribution in [0.15, 0.2) is 51.9 Å². The molecule has 2 aliphatic rings. The van der Waals surface area contributed by atoms with Crippen molar-refractivity contribution in [3.63, 3.8) is 0 Å². The number of halogens is 2. The van der Waals surface area contributed by atoms with Gasteiger partial charge in [0.2, 0.25) is 10.0 Å². The molecule has 0 atom stereocenters. The number of piperidine rings is 1. The smallest absolute Gasteiger partial charge is 0.207 e. The van der Waals surface area contributed by atoms with Crippen LogP contribution < -0.4 is 0 Å². The summed E-state index contributed by atoms with van der Waals surface area (Å²) in [7, 11) is -3.58. The maximum atomic E-state index is 13.2. The maximum absolute atomic E-state index is 13.2. The number of hydrogen-bond donors (Lipinski definition) is 0. The molecule has 0 spiro atoms. The van der Waals surface area contributed by atoms with E-state index < -0.39 is 15.8 Å². The topological polar surface area (TPSA) is 37.4 Å². The van der Waals surface area contributed by atoms with E-state index in [1.54, 1.807) is 0 Å². The number of hydrogen-bond acceptors (Lipinski definition) is 2. The van der Waals surface area contributed by atoms with Crippen LogP contribution in [0.25, 0.3) is 0 Å². The molecule has 0 bridgehead atoms. The summed E-state index contributed by atoms with van der Waals surface area (Å²) >= 11 is 3.16. The average Bonchev–Trinajstić information content (AvgIpc) is 2.55. The molecular formula is C17H19BrFNO2S. The van der Waals surface area contributed by atoms with Crippen molar-refractivity contribution < 1.29 is 12.8 Å². The summed E-state index contributed by atoms with van der Waals surface area (Å²) in [6.45, 7) is 1.02. The largest absolute Gasteiger partial charge is 0.244 e. The summed E-state index contributed by atoms with van der Waals surface area (Å²) in [4.78, 5) is 0.134. The van der Waals surface area contributed by atoms with Crippen LogP contribution in [0.4, 0.5) is 4.39 Å². The van der Waals surface area contributed by atoms with Gasteiger partial charge in [-0.25, -0.2) is 12.8 Å². The second-order valence-electron chi connectivity index (χ2n) is 5.99. The van der Waals surface area contributed by atoms with Gasteiger partial charge in [0.1, 0.15) is 5.82 Å². The van der Waals surface area contributed by atoms with Crippen LogP contribution in [-0.4, -0.2) is 25.8 Å². The van der Waals surface area contributed by atoms with Crippen molar-refractivity contribution >= 4 is 26.0 Å². The van der Waals surface area contributed by atoms with Gasteiger partial charge in [-0.3, -0.25) is 0 Å². The molecule has 1 fully saturated rings. The minimum atomic E-state index is -3.58. The normalized spacial score (nSPS) is 21.0. The molecule has 1 aliphatic heterocycles. The molecule has 1 saturated heterocycles. The molecule has 23 heavy (non-hydrogen) atoms. The van der Waals surface area contributed by atoms with Gasteiger partial charge in [0.25, 0.3) is 0 Å². The van der Waals surface area contributed by atoms with Gasteiger partial charge < -0.3 is 0 Å². The van der Waals surface area contributed by atoms with Gasteiger partial charge >= 0.3 is 0 Å². The zero-order valence-electron chi connectivity index (χ0n) is 12.7. The monoisotopic (exact) mass is 399 g/mol. The second kappa shape index (κ2) is 6.87. The number of nitrogens with zero attached hydrogens (tertiary/aromatic N) is 1. The van der Waals surface area contributed by atoms with Crippen molar-refractivity contribution in [2.24, 2.45) is 11.8 Å². The van der Waals surface area contributed by atoms with Crippen molar-refractivity contribution in [1.29, 1.82) is 0 Å². The van der Waals surface area contributed by atoms with Crippen molar-refractivity contribution in [2.75, 3.05) is 13.1 Å². The summed E-state index contributed by atoms with van der Waals surface area (Å²) < 4.78 is 40.5. The van der Waals surface area contributed by atoms with Gasteiger partial charge in [0.15, 0.2) is 0 Å². The first-order chi connectivity index (χ1) is 11.0. The Hall–Kier alpha value is -0.980. The Kier molecular flexibility index (Phi) is 5.04. The van der Waals surface area contributed by atoms with Crippen molar-refractivity contribution in [1.82, 2.24) is 4.31 Å². The molecule has 1 heterocycles. The van der Waals surface area contributed by atoms with E-state index in [2.05, 4.69) is 40.2 Å². The molecular weight excluding hydrogens is 381 g/mol. The van der Waals surface area contributed by atoms with E-state index >= 15 is 0 Å². The number of allylic oxidation sites excluding steroid dienone is 4. The molecule has 3 nitrogen and oxygen atoms in total. The summed E-state index contributed by atoms with van der Waals surface area (Å²) in [6.07, 6.45) is 11.5. The maximum Gasteiger partial charge on any atom is 0.244 e. The molecule has 1 aromatic rings. The fourth-order valence-corrected chi connectivity index (χ4v) is 5.73. The SMILES string of the molecule is O=S(=O)(c1ccc(F)cc1Br)N1CCC(C2C=CCC=C2)CC1. The molecule has 0 aromatic heterocycles. The molecule has 0 amide bonds. The van der Waals surface area contributed by atoms with Crippen LogP contribution in [0.5, 0.6) is 0 Å². The fourth-order valence-electron chi connectivity index (χ4n) is 3.25. The van der Waals surface area contributed by atoms with E-state index in [0.717, 1.165) is 19.3 Å². The predicted molar refractivity (Wildman–Crippen MR) is 92.0 cm³/mol. The predicted octanol–water partition coefficient (Wildman–Crippen LogP) is 4.12. The van der Waals surface area contributed by atoms with Crippen LogP contribution in [0.2, 0.25) is 0 Å². The van der Waals surface area contributed by atoms with E-state index in [1.807, 2.05) is 0 Å². The van der Waals surface area contributed by atoms with Crippen LogP contribution >= 0.6 is 15.9 Å². The first-order valence-corrected chi connectivity index (χ1v) is 10.0. The van der Waals surface area contributed by atoms with Crippen LogP contribution in [0, 0.1) is 17.7 Å². The van der Waals surface area contributed by atoms with Gasteiger partial charge in [0, 0.05) is 17.6 Å². The minimum Gasteiger partial charge on any atom is -0.207 e. The minimum absolute atomic E-state index is 0.134. The fraction of sp³-hybridized carbons (Fsp3) is 0.412. The lowest BCUT2D eigenvalue weighted by Gasteiger charge is -2.34.